The van der Waals surface area contributed by atoms with E-state index in [1.165, 1.54) is 25.1 Å². The molecule has 158 valence electrons. The van der Waals surface area contributed by atoms with Crippen molar-refractivity contribution in [2.75, 3.05) is 0 Å². The fraction of sp³-hybridized carbons (Fsp3) is 0.333. The van der Waals surface area contributed by atoms with Crippen LogP contribution in [0.25, 0.3) is 0 Å². The molecule has 2 aliphatic rings. The van der Waals surface area contributed by atoms with Crippen molar-refractivity contribution in [1.82, 2.24) is 0 Å². The van der Waals surface area contributed by atoms with Gasteiger partial charge in [0.15, 0.2) is 5.78 Å². The summed E-state index contributed by atoms with van der Waals surface area (Å²) < 4.78 is 10.9. The Morgan fingerprint density at radius 3 is 2.10 bits per heavy atom. The number of carbonyl (C=O) groups excluding carboxylic acids is 2. The first kappa shape index (κ1) is 20.3. The summed E-state index contributed by atoms with van der Waals surface area (Å²) in [5.74, 6) is -2.29. The van der Waals surface area contributed by atoms with E-state index in [1.807, 2.05) is 0 Å². The predicted octanol–water partition coefficient (Wildman–Crippen LogP) is 0.388. The highest BCUT2D eigenvalue weighted by Gasteiger charge is 2.43. The predicted molar refractivity (Wildman–Crippen MR) is 101 cm³/mol. The third kappa shape index (κ3) is 3.03. The molecule has 0 amide bonds. The number of hydrogen-bond donors (Lipinski definition) is 5. The van der Waals surface area contributed by atoms with Crippen LogP contribution in [0.15, 0.2) is 24.3 Å². The molecule has 1 saturated heterocycles. The zero-order valence-corrected chi connectivity index (χ0v) is 16.1. The molecule has 2 aromatic carbocycles. The van der Waals surface area contributed by atoms with Crippen molar-refractivity contribution in [1.29, 1.82) is 0 Å². The van der Waals surface area contributed by atoms with Gasteiger partial charge in [0.05, 0.1) is 17.2 Å². The van der Waals surface area contributed by atoms with Crippen molar-refractivity contribution < 1.29 is 44.6 Å². The molecule has 4 rings (SSSR count). The van der Waals surface area contributed by atoms with Gasteiger partial charge in [-0.15, -0.1) is 0 Å². The molecule has 5 atom stereocenters. The van der Waals surface area contributed by atoms with E-state index in [0.29, 0.717) is 5.56 Å². The standard InChI is InChI=1S/C21H20O9/c1-7-3-10-14(12(22)4-7)18(26)15-11(17(10)25)5-9(6-13(15)23)30-21-20(28)19(27)16(24)8(2)29-21/h3-6,8,16,19-24,27-28H,1-2H3/t8-,16-,19+,20-,21+/m1/s1. The molecule has 1 aliphatic heterocycles. The first-order valence-corrected chi connectivity index (χ1v) is 9.26. The van der Waals surface area contributed by atoms with Crippen molar-refractivity contribution in [3.63, 3.8) is 0 Å². The fourth-order valence-corrected chi connectivity index (χ4v) is 3.79. The van der Waals surface area contributed by atoms with Crippen molar-refractivity contribution in [2.45, 2.75) is 44.6 Å². The number of phenolic OH excluding ortho intramolecular Hbond substituents is 2. The Hall–Kier alpha value is -2.98. The minimum atomic E-state index is -1.59. The van der Waals surface area contributed by atoms with Crippen LogP contribution in [0.2, 0.25) is 0 Å². The summed E-state index contributed by atoms with van der Waals surface area (Å²) in [6, 6.07) is 5.11. The van der Waals surface area contributed by atoms with Gasteiger partial charge in [0, 0.05) is 17.2 Å². The van der Waals surface area contributed by atoms with Gasteiger partial charge in [-0.25, -0.2) is 0 Å². The van der Waals surface area contributed by atoms with Crippen LogP contribution in [0.1, 0.15) is 44.3 Å². The van der Waals surface area contributed by atoms with Crippen LogP contribution in [0.5, 0.6) is 17.2 Å². The second-order valence-electron chi connectivity index (χ2n) is 7.53. The summed E-state index contributed by atoms with van der Waals surface area (Å²) in [6.45, 7) is 3.14. The molecule has 0 unspecified atom stereocenters. The van der Waals surface area contributed by atoms with Crippen LogP contribution in [0.3, 0.4) is 0 Å². The molecule has 0 bridgehead atoms. The zero-order valence-electron chi connectivity index (χ0n) is 16.1. The molecule has 30 heavy (non-hydrogen) atoms. The lowest BCUT2D eigenvalue weighted by Crippen LogP contribution is -2.58. The number of aryl methyl sites for hydroxylation is 1. The molecule has 0 aromatic heterocycles. The van der Waals surface area contributed by atoms with Gasteiger partial charge >= 0.3 is 0 Å². The number of benzene rings is 2. The van der Waals surface area contributed by atoms with Gasteiger partial charge in [0.25, 0.3) is 0 Å². The minimum Gasteiger partial charge on any atom is -0.507 e. The number of phenols is 2. The molecular formula is C21H20O9. The molecule has 1 fully saturated rings. The Labute approximate surface area is 170 Å². The summed E-state index contributed by atoms with van der Waals surface area (Å²) in [4.78, 5) is 25.8. The molecule has 9 heteroatoms. The number of ether oxygens (including phenoxy) is 2. The van der Waals surface area contributed by atoms with Gasteiger partial charge < -0.3 is 35.0 Å². The Balaban J connectivity index is 1.73. The number of hydrogen-bond acceptors (Lipinski definition) is 9. The van der Waals surface area contributed by atoms with E-state index in [2.05, 4.69) is 0 Å². The lowest BCUT2D eigenvalue weighted by Gasteiger charge is -2.39. The fourth-order valence-electron chi connectivity index (χ4n) is 3.79. The molecule has 1 heterocycles. The molecule has 9 nitrogen and oxygen atoms in total. The summed E-state index contributed by atoms with van der Waals surface area (Å²) in [6.07, 6.45) is -6.66. The van der Waals surface area contributed by atoms with Crippen LogP contribution < -0.4 is 4.74 Å². The summed E-state index contributed by atoms with van der Waals surface area (Å²) in [5, 5.41) is 50.4. The van der Waals surface area contributed by atoms with Crippen LogP contribution in [0, 0.1) is 6.92 Å². The van der Waals surface area contributed by atoms with Gasteiger partial charge in [-0.05, 0) is 37.6 Å². The van der Waals surface area contributed by atoms with Crippen molar-refractivity contribution >= 4 is 11.6 Å². The number of aliphatic hydroxyl groups is 3. The van der Waals surface area contributed by atoms with E-state index >= 15 is 0 Å². The third-order valence-corrected chi connectivity index (χ3v) is 5.36. The summed E-state index contributed by atoms with van der Waals surface area (Å²) >= 11 is 0. The summed E-state index contributed by atoms with van der Waals surface area (Å²) in [5.41, 5.74) is -0.00573. The van der Waals surface area contributed by atoms with Gasteiger partial charge in [-0.1, -0.05) is 0 Å². The van der Waals surface area contributed by atoms with E-state index in [0.717, 1.165) is 6.07 Å². The zero-order chi connectivity index (χ0) is 21.9. The van der Waals surface area contributed by atoms with Gasteiger partial charge in [0.2, 0.25) is 12.1 Å². The third-order valence-electron chi connectivity index (χ3n) is 5.36. The first-order valence-electron chi connectivity index (χ1n) is 9.26. The lowest BCUT2D eigenvalue weighted by molar-refractivity contribution is -0.268. The topological polar surface area (TPSA) is 154 Å². The average molecular weight is 416 g/mol. The van der Waals surface area contributed by atoms with Gasteiger partial charge in [-0.3, -0.25) is 9.59 Å². The Morgan fingerprint density at radius 2 is 1.43 bits per heavy atom. The number of aromatic hydroxyl groups is 2. The van der Waals surface area contributed by atoms with Crippen LogP contribution in [-0.2, 0) is 4.74 Å². The number of fused-ring (bicyclic) bond motifs is 2. The average Bonchev–Trinajstić information content (AvgIpc) is 2.67. The highest BCUT2D eigenvalue weighted by Crippen LogP contribution is 2.40. The Kier molecular flexibility index (Phi) is 4.78. The van der Waals surface area contributed by atoms with Crippen molar-refractivity contribution in [3.8, 4) is 17.2 Å². The summed E-state index contributed by atoms with van der Waals surface area (Å²) in [7, 11) is 0. The van der Waals surface area contributed by atoms with E-state index < -0.39 is 48.0 Å². The molecular weight excluding hydrogens is 396 g/mol. The molecule has 1 aliphatic carbocycles. The SMILES string of the molecule is Cc1cc(O)c2c(c1)C(=O)c1cc(O[C@@H]3O[C@H](C)[C@@H](O)[C@H](O)[C@H]3O)cc(O)c1C2=O. The molecule has 0 spiro atoms. The number of carbonyl (C=O) groups is 2. The second kappa shape index (κ2) is 7.06. The van der Waals surface area contributed by atoms with E-state index in [-0.39, 0.29) is 33.8 Å². The minimum absolute atomic E-state index is 0.00247. The molecule has 2 aromatic rings. The number of rotatable bonds is 2. The number of ketones is 2. The quantitative estimate of drug-likeness (QED) is 0.399. The van der Waals surface area contributed by atoms with Crippen molar-refractivity contribution in [2.24, 2.45) is 0 Å². The second-order valence-corrected chi connectivity index (χ2v) is 7.53. The lowest BCUT2D eigenvalue weighted by atomic mass is 9.82. The normalized spacial score (nSPS) is 28.1. The Morgan fingerprint density at radius 1 is 0.833 bits per heavy atom. The van der Waals surface area contributed by atoms with Gasteiger partial charge in [-0.2, -0.15) is 0 Å². The van der Waals surface area contributed by atoms with E-state index in [4.69, 9.17) is 9.47 Å². The maximum absolute atomic E-state index is 13.0. The maximum atomic E-state index is 13.0. The number of aliphatic hydroxyl groups excluding tert-OH is 3. The van der Waals surface area contributed by atoms with Crippen LogP contribution in [0.4, 0.5) is 0 Å². The highest BCUT2D eigenvalue weighted by molar-refractivity contribution is 6.30. The van der Waals surface area contributed by atoms with Crippen LogP contribution in [-0.4, -0.2) is 67.8 Å². The van der Waals surface area contributed by atoms with E-state index in [1.54, 1.807) is 6.92 Å². The molecule has 0 radical (unpaired) electrons. The van der Waals surface area contributed by atoms with E-state index in [9.17, 15) is 35.1 Å². The van der Waals surface area contributed by atoms with Crippen molar-refractivity contribution in [3.05, 3.63) is 52.1 Å². The first-order chi connectivity index (χ1) is 14.1. The molecule has 0 saturated carbocycles. The van der Waals surface area contributed by atoms with Gasteiger partial charge in [0.1, 0.15) is 35.6 Å². The highest BCUT2D eigenvalue weighted by atomic mass is 16.7. The Bertz CT molecular complexity index is 1060. The largest absolute Gasteiger partial charge is 0.507 e. The smallest absolute Gasteiger partial charge is 0.229 e. The monoisotopic (exact) mass is 416 g/mol. The molecule has 5 N–H and O–H groups in total. The maximum Gasteiger partial charge on any atom is 0.229 e. The van der Waals surface area contributed by atoms with Crippen LogP contribution >= 0.6 is 0 Å².